The third-order valence-corrected chi connectivity index (χ3v) is 3.82. The minimum Gasteiger partial charge on any atom is -0.350 e. The molecular formula is C16H18ClFN4O2. The molecule has 0 atom stereocenters. The topological polar surface area (TPSA) is 76.0 Å². The van der Waals surface area contributed by atoms with Crippen molar-refractivity contribution in [3.05, 3.63) is 57.8 Å². The second kappa shape index (κ2) is 7.55. The summed E-state index contributed by atoms with van der Waals surface area (Å²) in [5.41, 5.74) is -0.0486. The van der Waals surface area contributed by atoms with Crippen molar-refractivity contribution in [1.82, 2.24) is 20.4 Å². The van der Waals surface area contributed by atoms with Crippen molar-refractivity contribution in [2.75, 3.05) is 19.6 Å². The molecule has 2 heterocycles. The van der Waals surface area contributed by atoms with E-state index in [9.17, 15) is 14.0 Å². The fourth-order valence-corrected chi connectivity index (χ4v) is 2.39. The molecule has 1 aromatic heterocycles. The molecule has 1 amide bonds. The van der Waals surface area contributed by atoms with E-state index >= 15 is 0 Å². The van der Waals surface area contributed by atoms with Gasteiger partial charge in [-0.3, -0.25) is 9.59 Å². The molecule has 1 aliphatic rings. The first-order valence-electron chi connectivity index (χ1n) is 7.41. The first-order chi connectivity index (χ1) is 11.1. The number of hydrogen-bond acceptors (Lipinski definition) is 4. The molecule has 0 saturated carbocycles. The van der Waals surface area contributed by atoms with Crippen LogP contribution in [-0.4, -0.2) is 35.3 Å². The van der Waals surface area contributed by atoms with E-state index in [2.05, 4.69) is 15.7 Å². The second-order valence-electron chi connectivity index (χ2n) is 5.60. The van der Waals surface area contributed by atoms with Crippen LogP contribution in [0.15, 0.2) is 35.1 Å². The Labute approximate surface area is 144 Å². The molecule has 1 aromatic carbocycles. The molecule has 128 valence electrons. The zero-order valence-corrected chi connectivity index (χ0v) is 13.9. The lowest BCUT2D eigenvalue weighted by molar-refractivity contribution is 0.0934. The van der Waals surface area contributed by atoms with Crippen LogP contribution in [-0.2, 0) is 0 Å². The smallest absolute Gasteiger partial charge is 0.275 e. The average molecular weight is 353 g/mol. The molecule has 1 saturated heterocycles. The van der Waals surface area contributed by atoms with Crippen LogP contribution in [0.4, 0.5) is 4.39 Å². The zero-order valence-electron chi connectivity index (χ0n) is 13.1. The lowest BCUT2D eigenvalue weighted by Crippen LogP contribution is -2.48. The maximum absolute atomic E-state index is 13.9. The van der Waals surface area contributed by atoms with Crippen LogP contribution >= 0.6 is 12.4 Å². The van der Waals surface area contributed by atoms with Gasteiger partial charge in [-0.1, -0.05) is 12.1 Å². The number of aromatic nitrogens is 2. The summed E-state index contributed by atoms with van der Waals surface area (Å²) in [6.07, 6.45) is 0. The highest BCUT2D eigenvalue weighted by Gasteiger charge is 2.20. The van der Waals surface area contributed by atoms with Crippen LogP contribution in [0.3, 0.4) is 0 Å². The average Bonchev–Trinajstić information content (AvgIpc) is 2.46. The van der Waals surface area contributed by atoms with E-state index in [4.69, 9.17) is 0 Å². The number of aryl methyl sites for hydroxylation is 1. The van der Waals surface area contributed by atoms with Crippen LogP contribution in [0.1, 0.15) is 16.2 Å². The Morgan fingerprint density at radius 1 is 1.42 bits per heavy atom. The lowest BCUT2D eigenvalue weighted by Gasteiger charge is -2.26. The Bertz CT molecular complexity index is 805. The minimum absolute atomic E-state index is 0. The third kappa shape index (κ3) is 3.63. The molecule has 1 aliphatic heterocycles. The molecule has 0 aliphatic carbocycles. The summed E-state index contributed by atoms with van der Waals surface area (Å²) in [4.78, 5) is 24.2. The molecule has 2 N–H and O–H groups in total. The van der Waals surface area contributed by atoms with E-state index in [1.165, 1.54) is 16.8 Å². The van der Waals surface area contributed by atoms with Crippen molar-refractivity contribution in [2.45, 2.75) is 6.92 Å². The fourth-order valence-electron chi connectivity index (χ4n) is 2.39. The molecule has 0 spiro atoms. The Hall–Kier alpha value is -2.25. The number of carbonyl (C=O) groups excluding carboxylic acids is 1. The molecule has 6 nitrogen and oxygen atoms in total. The van der Waals surface area contributed by atoms with Crippen LogP contribution in [0.25, 0.3) is 5.69 Å². The molecule has 2 aromatic rings. The second-order valence-corrected chi connectivity index (χ2v) is 5.60. The Kier molecular flexibility index (Phi) is 5.69. The van der Waals surface area contributed by atoms with Gasteiger partial charge in [0.05, 0.1) is 0 Å². The van der Waals surface area contributed by atoms with E-state index in [-0.39, 0.29) is 23.8 Å². The van der Waals surface area contributed by atoms with Crippen LogP contribution < -0.4 is 16.1 Å². The summed E-state index contributed by atoms with van der Waals surface area (Å²) in [6.45, 7) is 3.82. The molecule has 8 heteroatoms. The summed E-state index contributed by atoms with van der Waals surface area (Å²) < 4.78 is 15.2. The molecular weight excluding hydrogens is 335 g/mol. The van der Waals surface area contributed by atoms with Crippen molar-refractivity contribution < 1.29 is 9.18 Å². The number of halogens is 2. The van der Waals surface area contributed by atoms with E-state index in [1.807, 2.05) is 0 Å². The number of hydrogen-bond donors (Lipinski definition) is 2. The van der Waals surface area contributed by atoms with Crippen LogP contribution in [0.2, 0.25) is 0 Å². The molecule has 24 heavy (non-hydrogen) atoms. The standard InChI is InChI=1S/C16H17FN4O2.ClH/c1-10-6-14(22)15(16(23)19-9-11-7-18-8-11)20-21(10)13-5-3-2-4-12(13)17;/h2-6,11,18H,7-9H2,1H3,(H,19,23);1H. The summed E-state index contributed by atoms with van der Waals surface area (Å²) in [5, 5.41) is 9.87. The number of nitrogens with zero attached hydrogens (tertiary/aromatic N) is 2. The monoisotopic (exact) mass is 352 g/mol. The number of nitrogens with one attached hydrogen (secondary N) is 2. The van der Waals surface area contributed by atoms with Gasteiger partial charge in [0.15, 0.2) is 5.69 Å². The SMILES string of the molecule is Cc1cc(=O)c(C(=O)NCC2CNC2)nn1-c1ccccc1F.Cl. The van der Waals surface area contributed by atoms with E-state index in [0.717, 1.165) is 13.1 Å². The largest absolute Gasteiger partial charge is 0.350 e. The van der Waals surface area contributed by atoms with Gasteiger partial charge in [-0.05, 0) is 19.1 Å². The lowest BCUT2D eigenvalue weighted by atomic mass is 10.0. The van der Waals surface area contributed by atoms with Crippen molar-refractivity contribution in [1.29, 1.82) is 0 Å². The molecule has 0 unspecified atom stereocenters. The predicted molar refractivity (Wildman–Crippen MR) is 90.5 cm³/mol. The third-order valence-electron chi connectivity index (χ3n) is 3.82. The van der Waals surface area contributed by atoms with Gasteiger partial charge in [0, 0.05) is 37.3 Å². The van der Waals surface area contributed by atoms with Gasteiger partial charge in [-0.2, -0.15) is 5.10 Å². The fraction of sp³-hybridized carbons (Fsp3) is 0.312. The number of rotatable bonds is 4. The Morgan fingerprint density at radius 2 is 2.12 bits per heavy atom. The van der Waals surface area contributed by atoms with Gasteiger partial charge in [-0.25, -0.2) is 9.07 Å². The van der Waals surface area contributed by atoms with E-state index < -0.39 is 17.2 Å². The van der Waals surface area contributed by atoms with Gasteiger partial charge >= 0.3 is 0 Å². The number of carbonyl (C=O) groups is 1. The summed E-state index contributed by atoms with van der Waals surface area (Å²) in [6, 6.07) is 7.37. The van der Waals surface area contributed by atoms with Crippen LogP contribution in [0, 0.1) is 18.7 Å². The van der Waals surface area contributed by atoms with Gasteiger partial charge in [-0.15, -0.1) is 12.4 Å². The maximum atomic E-state index is 13.9. The van der Waals surface area contributed by atoms with Crippen molar-refractivity contribution >= 4 is 18.3 Å². The number of benzene rings is 1. The number of para-hydroxylation sites is 1. The molecule has 3 rings (SSSR count). The van der Waals surface area contributed by atoms with E-state index in [0.29, 0.717) is 18.2 Å². The van der Waals surface area contributed by atoms with Gasteiger partial charge in [0.1, 0.15) is 11.5 Å². The normalized spacial score (nSPS) is 13.8. The highest BCUT2D eigenvalue weighted by atomic mass is 35.5. The number of amides is 1. The zero-order chi connectivity index (χ0) is 16.4. The van der Waals surface area contributed by atoms with Gasteiger partial charge < -0.3 is 10.6 Å². The quantitative estimate of drug-likeness (QED) is 0.862. The van der Waals surface area contributed by atoms with E-state index in [1.54, 1.807) is 25.1 Å². The van der Waals surface area contributed by atoms with Gasteiger partial charge in [0.25, 0.3) is 5.91 Å². The highest BCUT2D eigenvalue weighted by Crippen LogP contribution is 2.13. The van der Waals surface area contributed by atoms with Crippen molar-refractivity contribution in [3.8, 4) is 5.69 Å². The summed E-state index contributed by atoms with van der Waals surface area (Å²) in [5.74, 6) is -0.635. The predicted octanol–water partition coefficient (Wildman–Crippen LogP) is 1.05. The first-order valence-corrected chi connectivity index (χ1v) is 7.41. The van der Waals surface area contributed by atoms with Crippen LogP contribution in [0.5, 0.6) is 0 Å². The first kappa shape index (κ1) is 18.1. The molecule has 0 radical (unpaired) electrons. The maximum Gasteiger partial charge on any atom is 0.275 e. The summed E-state index contributed by atoms with van der Waals surface area (Å²) >= 11 is 0. The van der Waals surface area contributed by atoms with Crippen molar-refractivity contribution in [2.24, 2.45) is 5.92 Å². The Balaban J connectivity index is 0.00000208. The molecule has 1 fully saturated rings. The van der Waals surface area contributed by atoms with Crippen molar-refractivity contribution in [3.63, 3.8) is 0 Å². The van der Waals surface area contributed by atoms with Gasteiger partial charge in [0.2, 0.25) is 5.43 Å². The molecule has 0 bridgehead atoms. The summed E-state index contributed by atoms with van der Waals surface area (Å²) in [7, 11) is 0. The highest BCUT2D eigenvalue weighted by molar-refractivity contribution is 5.92. The Morgan fingerprint density at radius 3 is 2.75 bits per heavy atom. The minimum atomic E-state index is -0.535.